The lowest BCUT2D eigenvalue weighted by Gasteiger charge is -2.10. The average Bonchev–Trinajstić information content (AvgIpc) is 3.01. The van der Waals surface area contributed by atoms with Gasteiger partial charge >= 0.3 is 0 Å². The number of nitrogens with zero attached hydrogens (tertiary/aromatic N) is 1. The minimum Gasteiger partial charge on any atom is -0.483 e. The van der Waals surface area contributed by atoms with Crippen molar-refractivity contribution in [2.24, 2.45) is 0 Å². The van der Waals surface area contributed by atoms with Gasteiger partial charge in [0.1, 0.15) is 23.0 Å². The molecule has 2 N–H and O–H groups in total. The second kappa shape index (κ2) is 7.94. The van der Waals surface area contributed by atoms with Crippen LogP contribution < -0.4 is 15.4 Å². The Kier molecular flexibility index (Phi) is 5.65. The van der Waals surface area contributed by atoms with Gasteiger partial charge in [-0.1, -0.05) is 11.6 Å². The summed E-state index contributed by atoms with van der Waals surface area (Å²) in [5.41, 5.74) is 0.0293. The molecular weight excluding hydrogens is 384 g/mol. The van der Waals surface area contributed by atoms with Crippen LogP contribution in [-0.4, -0.2) is 24.6 Å². The molecule has 0 fully saturated rings. The Morgan fingerprint density at radius 2 is 2.12 bits per heavy atom. The number of aromatic nitrogens is 1. The van der Waals surface area contributed by atoms with Crippen molar-refractivity contribution in [3.8, 4) is 5.75 Å². The normalized spacial score (nSPS) is 10.9. The SMILES string of the molecule is CNCNC(=O)c1c(F)ccc(OCc2nc3cc(Cl)ccc3s2)c1F. The Morgan fingerprint density at radius 1 is 1.31 bits per heavy atom. The molecule has 9 heteroatoms. The fourth-order valence-electron chi connectivity index (χ4n) is 2.26. The first-order chi connectivity index (χ1) is 12.5. The number of hydrogen-bond donors (Lipinski definition) is 2. The summed E-state index contributed by atoms with van der Waals surface area (Å²) in [4.78, 5) is 16.3. The van der Waals surface area contributed by atoms with Crippen molar-refractivity contribution in [1.82, 2.24) is 15.6 Å². The van der Waals surface area contributed by atoms with Gasteiger partial charge in [-0.05, 0) is 37.4 Å². The summed E-state index contributed by atoms with van der Waals surface area (Å²) in [6.07, 6.45) is 0. The standard InChI is InChI=1S/C17H14ClF2N3O2S/c1-21-8-22-17(24)15-10(19)3-4-12(16(15)20)25-7-14-23-11-6-9(18)2-5-13(11)26-14/h2-6,21H,7-8H2,1H3,(H,22,24). The maximum atomic E-state index is 14.5. The Bertz CT molecular complexity index is 965. The Hall–Kier alpha value is -2.29. The van der Waals surface area contributed by atoms with E-state index in [0.717, 1.165) is 16.8 Å². The third-order valence-corrected chi connectivity index (χ3v) is 4.70. The minimum absolute atomic E-state index is 0.0168. The predicted molar refractivity (Wildman–Crippen MR) is 96.7 cm³/mol. The fraction of sp³-hybridized carbons (Fsp3) is 0.176. The molecule has 0 saturated carbocycles. The first-order valence-corrected chi connectivity index (χ1v) is 8.77. The second-order valence-corrected chi connectivity index (χ2v) is 6.83. The molecule has 0 aliphatic rings. The third-order valence-electron chi connectivity index (χ3n) is 3.45. The number of fused-ring (bicyclic) bond motifs is 1. The zero-order chi connectivity index (χ0) is 18.7. The van der Waals surface area contributed by atoms with Crippen molar-refractivity contribution in [3.63, 3.8) is 0 Å². The van der Waals surface area contributed by atoms with Crippen LogP contribution in [0.1, 0.15) is 15.4 Å². The number of amides is 1. The average molecular weight is 398 g/mol. The summed E-state index contributed by atoms with van der Waals surface area (Å²) in [7, 11) is 1.59. The van der Waals surface area contributed by atoms with Crippen LogP contribution in [0, 0.1) is 11.6 Å². The van der Waals surface area contributed by atoms with E-state index in [-0.39, 0.29) is 19.0 Å². The molecular formula is C17H14ClF2N3O2S. The molecule has 0 bridgehead atoms. The van der Waals surface area contributed by atoms with Gasteiger partial charge in [-0.25, -0.2) is 13.8 Å². The molecule has 0 spiro atoms. The van der Waals surface area contributed by atoms with Crippen molar-refractivity contribution in [1.29, 1.82) is 0 Å². The highest BCUT2D eigenvalue weighted by Crippen LogP contribution is 2.28. The van der Waals surface area contributed by atoms with Crippen molar-refractivity contribution in [3.05, 3.63) is 57.6 Å². The molecule has 0 saturated heterocycles. The summed E-state index contributed by atoms with van der Waals surface area (Å²) in [5.74, 6) is -3.10. The van der Waals surface area contributed by atoms with Crippen LogP contribution in [0.25, 0.3) is 10.2 Å². The summed E-state index contributed by atoms with van der Waals surface area (Å²) < 4.78 is 34.7. The molecule has 1 aromatic heterocycles. The zero-order valence-electron chi connectivity index (χ0n) is 13.6. The van der Waals surface area contributed by atoms with E-state index in [1.54, 1.807) is 19.2 Å². The van der Waals surface area contributed by atoms with E-state index in [1.807, 2.05) is 6.07 Å². The lowest BCUT2D eigenvalue weighted by atomic mass is 10.1. The van der Waals surface area contributed by atoms with Crippen LogP contribution >= 0.6 is 22.9 Å². The lowest BCUT2D eigenvalue weighted by molar-refractivity contribution is 0.0941. The maximum Gasteiger partial charge on any atom is 0.258 e. The Balaban J connectivity index is 1.79. The largest absolute Gasteiger partial charge is 0.483 e. The molecule has 3 rings (SSSR count). The molecule has 1 amide bonds. The Labute approximate surface area is 156 Å². The van der Waals surface area contributed by atoms with E-state index in [4.69, 9.17) is 16.3 Å². The van der Waals surface area contributed by atoms with E-state index < -0.39 is 23.1 Å². The van der Waals surface area contributed by atoms with Gasteiger partial charge in [-0.15, -0.1) is 11.3 Å². The van der Waals surface area contributed by atoms with Crippen molar-refractivity contribution < 1.29 is 18.3 Å². The minimum atomic E-state index is -1.05. The van der Waals surface area contributed by atoms with Gasteiger partial charge in [0.2, 0.25) is 0 Å². The number of thiazole rings is 1. The molecule has 0 unspecified atom stereocenters. The van der Waals surface area contributed by atoms with E-state index in [2.05, 4.69) is 15.6 Å². The maximum absolute atomic E-state index is 14.5. The van der Waals surface area contributed by atoms with E-state index in [1.165, 1.54) is 11.3 Å². The topological polar surface area (TPSA) is 63.2 Å². The summed E-state index contributed by atoms with van der Waals surface area (Å²) >= 11 is 7.30. The number of benzene rings is 2. The summed E-state index contributed by atoms with van der Waals surface area (Å²) in [6, 6.07) is 7.44. The molecule has 0 aliphatic carbocycles. The number of nitrogens with one attached hydrogen (secondary N) is 2. The highest BCUT2D eigenvalue weighted by Gasteiger charge is 2.21. The molecule has 5 nitrogen and oxygen atoms in total. The number of hydrogen-bond acceptors (Lipinski definition) is 5. The first-order valence-electron chi connectivity index (χ1n) is 7.58. The zero-order valence-corrected chi connectivity index (χ0v) is 15.2. The number of ether oxygens (including phenoxy) is 1. The molecule has 26 heavy (non-hydrogen) atoms. The lowest BCUT2D eigenvalue weighted by Crippen LogP contribution is -2.33. The van der Waals surface area contributed by atoms with Crippen LogP contribution in [0.2, 0.25) is 5.02 Å². The number of carbonyl (C=O) groups is 1. The van der Waals surface area contributed by atoms with Crippen LogP contribution in [0.4, 0.5) is 8.78 Å². The second-order valence-electron chi connectivity index (χ2n) is 5.28. The van der Waals surface area contributed by atoms with Gasteiger partial charge < -0.3 is 15.4 Å². The number of carbonyl (C=O) groups excluding carboxylic acids is 1. The predicted octanol–water partition coefficient (Wildman–Crippen LogP) is 3.71. The van der Waals surface area contributed by atoms with Crippen molar-refractivity contribution in [2.75, 3.05) is 13.7 Å². The van der Waals surface area contributed by atoms with E-state index in [9.17, 15) is 13.6 Å². The van der Waals surface area contributed by atoms with Crippen LogP contribution in [0.15, 0.2) is 30.3 Å². The van der Waals surface area contributed by atoms with Crippen LogP contribution in [-0.2, 0) is 6.61 Å². The third kappa shape index (κ3) is 3.92. The number of halogens is 3. The summed E-state index contributed by atoms with van der Waals surface area (Å²) in [5, 5.41) is 6.18. The van der Waals surface area contributed by atoms with Gasteiger partial charge in [0, 0.05) is 5.02 Å². The van der Waals surface area contributed by atoms with E-state index >= 15 is 0 Å². The van der Waals surface area contributed by atoms with Crippen molar-refractivity contribution in [2.45, 2.75) is 6.61 Å². The quantitative estimate of drug-likeness (QED) is 0.622. The highest BCUT2D eigenvalue weighted by molar-refractivity contribution is 7.18. The van der Waals surface area contributed by atoms with Gasteiger partial charge in [-0.3, -0.25) is 4.79 Å². The van der Waals surface area contributed by atoms with Gasteiger partial charge in [0.05, 0.1) is 16.9 Å². The summed E-state index contributed by atoms with van der Waals surface area (Å²) in [6.45, 7) is 0.0636. The molecule has 1 heterocycles. The van der Waals surface area contributed by atoms with Gasteiger partial charge in [-0.2, -0.15) is 0 Å². The van der Waals surface area contributed by atoms with Crippen LogP contribution in [0.5, 0.6) is 5.75 Å². The Morgan fingerprint density at radius 3 is 2.88 bits per heavy atom. The highest BCUT2D eigenvalue weighted by atomic mass is 35.5. The van der Waals surface area contributed by atoms with Gasteiger partial charge in [0.15, 0.2) is 11.6 Å². The molecule has 136 valence electrons. The van der Waals surface area contributed by atoms with Gasteiger partial charge in [0.25, 0.3) is 5.91 Å². The van der Waals surface area contributed by atoms with Crippen LogP contribution in [0.3, 0.4) is 0 Å². The monoisotopic (exact) mass is 397 g/mol. The van der Waals surface area contributed by atoms with E-state index in [0.29, 0.717) is 15.5 Å². The molecule has 0 aliphatic heterocycles. The molecule has 0 radical (unpaired) electrons. The molecule has 3 aromatic rings. The molecule has 0 atom stereocenters. The molecule has 2 aromatic carbocycles. The first kappa shape index (κ1) is 18.5. The van der Waals surface area contributed by atoms with Crippen molar-refractivity contribution >= 4 is 39.1 Å². The number of rotatable bonds is 6. The smallest absolute Gasteiger partial charge is 0.258 e. The fourth-order valence-corrected chi connectivity index (χ4v) is 3.29.